The zero-order chi connectivity index (χ0) is 10.4. The molecular weight excluding hydrogens is 176 g/mol. The van der Waals surface area contributed by atoms with Crippen molar-refractivity contribution in [2.75, 3.05) is 0 Å². The van der Waals surface area contributed by atoms with Crippen LogP contribution in [0.3, 0.4) is 0 Å². The van der Waals surface area contributed by atoms with Gasteiger partial charge in [0, 0.05) is 11.9 Å². The monoisotopic (exact) mass is 184 g/mol. The summed E-state index contributed by atoms with van der Waals surface area (Å²) in [5.74, 6) is 0. The van der Waals surface area contributed by atoms with Crippen LogP contribution in [0.5, 0.6) is 0 Å². The first-order valence-corrected chi connectivity index (χ1v) is 4.12. The van der Waals surface area contributed by atoms with Crippen LogP contribution in [-0.2, 0) is 19.3 Å². The van der Waals surface area contributed by atoms with E-state index in [-0.39, 0.29) is 19.3 Å². The third-order valence-corrected chi connectivity index (χ3v) is 1.95. The van der Waals surface area contributed by atoms with Crippen LogP contribution in [-0.4, -0.2) is 4.98 Å². The van der Waals surface area contributed by atoms with E-state index in [0.717, 1.165) is 16.8 Å². The molecule has 1 N–H and O–H groups in total. The van der Waals surface area contributed by atoms with Crippen molar-refractivity contribution in [1.82, 2.24) is 4.98 Å². The van der Waals surface area contributed by atoms with E-state index >= 15 is 0 Å². The molecule has 0 spiro atoms. The predicted octanol–water partition coefficient (Wildman–Crippen LogP) is 1.21. The number of nitrogens with zero attached hydrogens (tertiary/aromatic N) is 3. The average Bonchev–Trinajstić information content (AvgIpc) is 2.52. The SMILES string of the molecule is N#CCc1c[nH]c(CC#N)c1CC#N. The van der Waals surface area contributed by atoms with Gasteiger partial charge in [-0.25, -0.2) is 0 Å². The van der Waals surface area contributed by atoms with Gasteiger partial charge >= 0.3 is 0 Å². The third-order valence-electron chi connectivity index (χ3n) is 1.95. The number of nitrogens with one attached hydrogen (secondary N) is 1. The lowest BCUT2D eigenvalue weighted by atomic mass is 10.0. The smallest absolute Gasteiger partial charge is 0.0755 e. The number of H-pyrrole nitrogens is 1. The molecule has 0 saturated carbocycles. The molecule has 1 aromatic heterocycles. The summed E-state index contributed by atoms with van der Waals surface area (Å²) in [6, 6.07) is 6.07. The van der Waals surface area contributed by atoms with E-state index in [1.165, 1.54) is 0 Å². The number of aromatic nitrogens is 1. The Hall–Kier alpha value is -2.25. The molecule has 0 radical (unpaired) electrons. The quantitative estimate of drug-likeness (QED) is 0.765. The predicted molar refractivity (Wildman–Crippen MR) is 48.7 cm³/mol. The van der Waals surface area contributed by atoms with E-state index in [0.29, 0.717) is 0 Å². The lowest BCUT2D eigenvalue weighted by molar-refractivity contribution is 1.09. The Morgan fingerprint density at radius 3 is 2.21 bits per heavy atom. The summed E-state index contributed by atoms with van der Waals surface area (Å²) in [5.41, 5.74) is 2.37. The molecule has 0 aliphatic rings. The molecule has 0 amide bonds. The van der Waals surface area contributed by atoms with Gasteiger partial charge in [0.15, 0.2) is 0 Å². The van der Waals surface area contributed by atoms with Crippen molar-refractivity contribution in [2.45, 2.75) is 19.3 Å². The maximum absolute atomic E-state index is 8.59. The van der Waals surface area contributed by atoms with Crippen LogP contribution in [0.4, 0.5) is 0 Å². The molecule has 1 rings (SSSR count). The summed E-state index contributed by atoms with van der Waals surface area (Å²) >= 11 is 0. The van der Waals surface area contributed by atoms with Gasteiger partial charge in [0.05, 0.1) is 37.5 Å². The summed E-state index contributed by atoms with van der Waals surface area (Å²) in [6.07, 6.45) is 2.47. The lowest BCUT2D eigenvalue weighted by Gasteiger charge is -1.96. The maximum Gasteiger partial charge on any atom is 0.0755 e. The van der Waals surface area contributed by atoms with E-state index in [1.807, 2.05) is 18.2 Å². The van der Waals surface area contributed by atoms with E-state index in [4.69, 9.17) is 15.8 Å². The Balaban J connectivity index is 3.04. The number of hydrogen-bond donors (Lipinski definition) is 1. The van der Waals surface area contributed by atoms with Crippen molar-refractivity contribution in [3.8, 4) is 18.2 Å². The molecule has 1 aromatic rings. The Kier molecular flexibility index (Phi) is 3.30. The number of hydrogen-bond acceptors (Lipinski definition) is 3. The molecule has 0 aromatic carbocycles. The van der Waals surface area contributed by atoms with Gasteiger partial charge in [0.25, 0.3) is 0 Å². The van der Waals surface area contributed by atoms with Crippen LogP contribution in [0.2, 0.25) is 0 Å². The molecule has 4 heteroatoms. The molecular formula is C10H8N4. The number of nitriles is 3. The summed E-state index contributed by atoms with van der Waals surface area (Å²) < 4.78 is 0. The summed E-state index contributed by atoms with van der Waals surface area (Å²) in [6.45, 7) is 0. The Morgan fingerprint density at radius 2 is 1.64 bits per heavy atom. The minimum Gasteiger partial charge on any atom is -0.364 e. The van der Waals surface area contributed by atoms with Crippen molar-refractivity contribution in [3.05, 3.63) is 23.0 Å². The van der Waals surface area contributed by atoms with Crippen molar-refractivity contribution in [1.29, 1.82) is 15.8 Å². The van der Waals surface area contributed by atoms with Crippen LogP contribution in [0.25, 0.3) is 0 Å². The van der Waals surface area contributed by atoms with Crippen molar-refractivity contribution < 1.29 is 0 Å². The fourth-order valence-corrected chi connectivity index (χ4v) is 1.32. The molecule has 14 heavy (non-hydrogen) atoms. The zero-order valence-corrected chi connectivity index (χ0v) is 7.54. The van der Waals surface area contributed by atoms with Gasteiger partial charge in [-0.05, 0) is 11.1 Å². The van der Waals surface area contributed by atoms with Crippen LogP contribution >= 0.6 is 0 Å². The van der Waals surface area contributed by atoms with Gasteiger partial charge in [-0.1, -0.05) is 0 Å². The third kappa shape index (κ3) is 1.91. The maximum atomic E-state index is 8.59. The highest BCUT2D eigenvalue weighted by Crippen LogP contribution is 2.15. The fourth-order valence-electron chi connectivity index (χ4n) is 1.32. The second kappa shape index (κ2) is 4.70. The highest BCUT2D eigenvalue weighted by atomic mass is 14.7. The molecule has 0 fully saturated rings. The first kappa shape index (κ1) is 9.84. The summed E-state index contributed by atoms with van der Waals surface area (Å²) in [7, 11) is 0. The standard InChI is InChI=1S/C10H8N4/c11-4-1-8-7-14-10(3-6-13)9(8)2-5-12/h7,14H,1-3H2. The second-order valence-electron chi connectivity index (χ2n) is 2.78. The van der Waals surface area contributed by atoms with Crippen molar-refractivity contribution >= 4 is 0 Å². The minimum absolute atomic E-state index is 0.248. The van der Waals surface area contributed by atoms with Crippen LogP contribution in [0.1, 0.15) is 16.8 Å². The lowest BCUT2D eigenvalue weighted by Crippen LogP contribution is -1.92. The van der Waals surface area contributed by atoms with Gasteiger partial charge in [-0.15, -0.1) is 0 Å². The largest absolute Gasteiger partial charge is 0.364 e. The normalized spacial score (nSPS) is 8.64. The molecule has 68 valence electrons. The average molecular weight is 184 g/mol. The van der Waals surface area contributed by atoms with Gasteiger partial charge in [0.1, 0.15) is 0 Å². The fraction of sp³-hybridized carbons (Fsp3) is 0.300. The molecule has 4 nitrogen and oxygen atoms in total. The highest BCUT2D eigenvalue weighted by molar-refractivity contribution is 5.36. The van der Waals surface area contributed by atoms with E-state index in [1.54, 1.807) is 6.20 Å². The van der Waals surface area contributed by atoms with Crippen LogP contribution in [0.15, 0.2) is 6.20 Å². The molecule has 0 atom stereocenters. The zero-order valence-electron chi connectivity index (χ0n) is 7.54. The summed E-state index contributed by atoms with van der Waals surface area (Å²) in [4.78, 5) is 2.92. The molecule has 0 bridgehead atoms. The highest BCUT2D eigenvalue weighted by Gasteiger charge is 2.09. The van der Waals surface area contributed by atoms with Gasteiger partial charge in [-0.3, -0.25) is 0 Å². The summed E-state index contributed by atoms with van der Waals surface area (Å²) in [5, 5.41) is 25.7. The topological polar surface area (TPSA) is 87.2 Å². The number of rotatable bonds is 3. The Bertz CT molecular complexity index is 403. The first-order valence-electron chi connectivity index (χ1n) is 4.12. The van der Waals surface area contributed by atoms with Crippen molar-refractivity contribution in [2.24, 2.45) is 0 Å². The minimum atomic E-state index is 0.248. The van der Waals surface area contributed by atoms with Crippen LogP contribution in [0, 0.1) is 34.0 Å². The molecule has 0 saturated heterocycles. The molecule has 0 aliphatic carbocycles. The van der Waals surface area contributed by atoms with Gasteiger partial charge < -0.3 is 4.98 Å². The first-order chi connectivity index (χ1) is 6.83. The molecule has 1 heterocycles. The van der Waals surface area contributed by atoms with E-state index in [9.17, 15) is 0 Å². The number of aromatic amines is 1. The Labute approximate surface area is 82.0 Å². The Morgan fingerprint density at radius 1 is 1.00 bits per heavy atom. The molecule has 0 aliphatic heterocycles. The van der Waals surface area contributed by atoms with E-state index in [2.05, 4.69) is 4.98 Å². The van der Waals surface area contributed by atoms with Gasteiger partial charge in [-0.2, -0.15) is 15.8 Å². The van der Waals surface area contributed by atoms with Crippen LogP contribution < -0.4 is 0 Å². The van der Waals surface area contributed by atoms with Gasteiger partial charge in [0.2, 0.25) is 0 Å². The molecule has 0 unspecified atom stereocenters. The second-order valence-corrected chi connectivity index (χ2v) is 2.78. The van der Waals surface area contributed by atoms with Crippen molar-refractivity contribution in [3.63, 3.8) is 0 Å². The van der Waals surface area contributed by atoms with E-state index < -0.39 is 0 Å².